The van der Waals surface area contributed by atoms with E-state index in [9.17, 15) is 9.59 Å². The van der Waals surface area contributed by atoms with Gasteiger partial charge in [-0.1, -0.05) is 61.3 Å². The van der Waals surface area contributed by atoms with Gasteiger partial charge >= 0.3 is 5.97 Å². The van der Waals surface area contributed by atoms with E-state index in [2.05, 4.69) is 6.92 Å². The average Bonchev–Trinajstić information content (AvgIpc) is 2.80. The summed E-state index contributed by atoms with van der Waals surface area (Å²) in [6, 6.07) is 20.2. The molecule has 4 nitrogen and oxygen atoms in total. The van der Waals surface area contributed by atoms with Crippen LogP contribution in [0.5, 0.6) is 5.75 Å². The molecule has 0 aromatic heterocycles. The summed E-state index contributed by atoms with van der Waals surface area (Å²) in [6.07, 6.45) is 3.41. The number of aryl methyl sites for hydroxylation is 1. The van der Waals surface area contributed by atoms with Gasteiger partial charge in [-0.2, -0.15) is 0 Å². The van der Waals surface area contributed by atoms with Crippen LogP contribution in [0.3, 0.4) is 0 Å². The molecule has 0 bridgehead atoms. The quantitative estimate of drug-likeness (QED) is 0.333. The number of unbranched alkanes of at least 4 members (excludes halogenated alkanes) is 1. The van der Waals surface area contributed by atoms with E-state index in [1.54, 1.807) is 30.3 Å². The van der Waals surface area contributed by atoms with E-state index in [0.29, 0.717) is 30.9 Å². The van der Waals surface area contributed by atoms with Gasteiger partial charge < -0.3 is 9.84 Å². The Morgan fingerprint density at radius 2 is 1.59 bits per heavy atom. The third-order valence-electron chi connectivity index (χ3n) is 5.28. The van der Waals surface area contributed by atoms with Crippen molar-refractivity contribution in [1.29, 1.82) is 0 Å². The Balaban J connectivity index is 1.57. The zero-order chi connectivity index (χ0) is 22.9. The van der Waals surface area contributed by atoms with Crippen LogP contribution in [0, 0.1) is 0 Å². The van der Waals surface area contributed by atoms with Gasteiger partial charge in [0.15, 0.2) is 0 Å². The fourth-order valence-corrected chi connectivity index (χ4v) is 3.60. The highest BCUT2D eigenvalue weighted by Crippen LogP contribution is 2.25. The van der Waals surface area contributed by atoms with Crippen molar-refractivity contribution >= 4 is 23.4 Å². The van der Waals surface area contributed by atoms with Gasteiger partial charge in [0, 0.05) is 23.4 Å². The SMILES string of the molecule is CCCCOc1ccc(Cl)cc1CC(=O)CCc1ccc(-c2ccc(C(=O)O)cc2)cc1. The summed E-state index contributed by atoms with van der Waals surface area (Å²) < 4.78 is 5.83. The number of carbonyl (C=O) groups is 2. The first-order valence-corrected chi connectivity index (χ1v) is 11.2. The van der Waals surface area contributed by atoms with E-state index in [1.807, 2.05) is 36.4 Å². The Kier molecular flexibility index (Phi) is 8.46. The first kappa shape index (κ1) is 23.6. The number of hydrogen-bond acceptors (Lipinski definition) is 3. The molecule has 0 saturated heterocycles. The number of carboxylic acid groups (broad SMARTS) is 1. The normalized spacial score (nSPS) is 10.7. The first-order chi connectivity index (χ1) is 15.5. The number of ether oxygens (including phenoxy) is 1. The van der Waals surface area contributed by atoms with Crippen LogP contribution >= 0.6 is 11.6 Å². The highest BCUT2D eigenvalue weighted by atomic mass is 35.5. The Labute approximate surface area is 193 Å². The lowest BCUT2D eigenvalue weighted by Gasteiger charge is -2.11. The predicted molar refractivity (Wildman–Crippen MR) is 128 cm³/mol. The van der Waals surface area contributed by atoms with Crippen LogP contribution in [-0.4, -0.2) is 23.5 Å². The van der Waals surface area contributed by atoms with Crippen molar-refractivity contribution in [3.8, 4) is 16.9 Å². The van der Waals surface area contributed by atoms with Crippen molar-refractivity contribution in [3.05, 3.63) is 88.4 Å². The van der Waals surface area contributed by atoms with E-state index < -0.39 is 5.97 Å². The van der Waals surface area contributed by atoms with Crippen LogP contribution in [0.2, 0.25) is 5.02 Å². The Bertz CT molecular complexity index is 1060. The van der Waals surface area contributed by atoms with Crippen LogP contribution in [-0.2, 0) is 17.6 Å². The molecule has 0 spiro atoms. The summed E-state index contributed by atoms with van der Waals surface area (Å²) in [4.78, 5) is 23.6. The number of Topliss-reactive ketones (excluding diaryl/α,β-unsaturated/α-hetero) is 1. The van der Waals surface area contributed by atoms with E-state index in [1.165, 1.54) is 0 Å². The molecule has 0 fully saturated rings. The molecule has 3 rings (SSSR count). The summed E-state index contributed by atoms with van der Waals surface area (Å²) in [5, 5.41) is 9.62. The lowest BCUT2D eigenvalue weighted by atomic mass is 9.99. The molecular formula is C27H27ClO4. The minimum Gasteiger partial charge on any atom is -0.493 e. The van der Waals surface area contributed by atoms with E-state index in [-0.39, 0.29) is 11.3 Å². The van der Waals surface area contributed by atoms with Crippen molar-refractivity contribution in [2.24, 2.45) is 0 Å². The number of ketones is 1. The fourth-order valence-electron chi connectivity index (χ4n) is 3.41. The summed E-state index contributed by atoms with van der Waals surface area (Å²) in [5.41, 5.74) is 4.13. The average molecular weight is 451 g/mol. The monoisotopic (exact) mass is 450 g/mol. The van der Waals surface area contributed by atoms with Crippen LogP contribution < -0.4 is 4.74 Å². The molecule has 0 heterocycles. The van der Waals surface area contributed by atoms with Crippen LogP contribution in [0.15, 0.2) is 66.7 Å². The molecule has 0 aliphatic carbocycles. The maximum atomic E-state index is 12.6. The predicted octanol–water partition coefficient (Wildman–Crippen LogP) is 6.63. The second-order valence-corrected chi connectivity index (χ2v) is 8.19. The molecule has 0 unspecified atom stereocenters. The molecule has 32 heavy (non-hydrogen) atoms. The molecule has 0 radical (unpaired) electrons. The lowest BCUT2D eigenvalue weighted by Crippen LogP contribution is -2.07. The number of benzene rings is 3. The summed E-state index contributed by atoms with van der Waals surface area (Å²) in [7, 11) is 0. The molecule has 3 aromatic rings. The first-order valence-electron chi connectivity index (χ1n) is 10.8. The molecule has 0 amide bonds. The molecule has 0 saturated carbocycles. The highest BCUT2D eigenvalue weighted by molar-refractivity contribution is 6.30. The third-order valence-corrected chi connectivity index (χ3v) is 5.51. The van der Waals surface area contributed by atoms with Gasteiger partial charge in [0.2, 0.25) is 0 Å². The maximum Gasteiger partial charge on any atom is 0.335 e. The van der Waals surface area contributed by atoms with E-state index in [0.717, 1.165) is 40.8 Å². The van der Waals surface area contributed by atoms with Crippen LogP contribution in [0.1, 0.15) is 47.7 Å². The van der Waals surface area contributed by atoms with Crippen LogP contribution in [0.4, 0.5) is 0 Å². The van der Waals surface area contributed by atoms with Crippen molar-refractivity contribution in [2.45, 2.75) is 39.0 Å². The molecular weight excluding hydrogens is 424 g/mol. The summed E-state index contributed by atoms with van der Waals surface area (Å²) in [6.45, 7) is 2.74. The third kappa shape index (κ3) is 6.69. The second kappa shape index (κ2) is 11.5. The van der Waals surface area contributed by atoms with E-state index >= 15 is 0 Å². The summed E-state index contributed by atoms with van der Waals surface area (Å²) >= 11 is 6.13. The molecule has 3 aromatic carbocycles. The van der Waals surface area contributed by atoms with Crippen molar-refractivity contribution in [2.75, 3.05) is 6.61 Å². The van der Waals surface area contributed by atoms with Gasteiger partial charge in [-0.05, 0) is 59.9 Å². The van der Waals surface area contributed by atoms with Gasteiger partial charge in [0.25, 0.3) is 0 Å². The van der Waals surface area contributed by atoms with Gasteiger partial charge in [-0.3, -0.25) is 4.79 Å². The standard InChI is InChI=1S/C27H27ClO4/c1-2-3-16-32-26-15-13-24(28)17-23(26)18-25(29)14-6-19-4-7-20(8-5-19)21-9-11-22(12-10-21)27(30)31/h4-5,7-13,15,17H,2-3,6,14,16,18H2,1H3,(H,30,31). The fraction of sp³-hybridized carbons (Fsp3) is 0.259. The number of rotatable bonds is 11. The minimum atomic E-state index is -0.936. The van der Waals surface area contributed by atoms with Crippen molar-refractivity contribution < 1.29 is 19.4 Å². The number of carbonyl (C=O) groups excluding carboxylic acids is 1. The van der Waals surface area contributed by atoms with Gasteiger partial charge in [-0.25, -0.2) is 4.79 Å². The molecule has 166 valence electrons. The zero-order valence-electron chi connectivity index (χ0n) is 18.1. The molecule has 0 aliphatic heterocycles. The summed E-state index contributed by atoms with van der Waals surface area (Å²) in [5.74, 6) is -0.0654. The second-order valence-electron chi connectivity index (χ2n) is 7.75. The van der Waals surface area contributed by atoms with Gasteiger partial charge in [0.05, 0.1) is 12.2 Å². The molecule has 0 aliphatic rings. The van der Waals surface area contributed by atoms with Crippen LogP contribution in [0.25, 0.3) is 11.1 Å². The van der Waals surface area contributed by atoms with Gasteiger partial charge in [-0.15, -0.1) is 0 Å². The zero-order valence-corrected chi connectivity index (χ0v) is 18.9. The highest BCUT2D eigenvalue weighted by Gasteiger charge is 2.11. The molecule has 1 N–H and O–H groups in total. The largest absolute Gasteiger partial charge is 0.493 e. The minimum absolute atomic E-state index is 0.140. The molecule has 5 heteroatoms. The Morgan fingerprint density at radius 1 is 0.938 bits per heavy atom. The van der Waals surface area contributed by atoms with Crippen molar-refractivity contribution in [3.63, 3.8) is 0 Å². The van der Waals surface area contributed by atoms with Crippen molar-refractivity contribution in [1.82, 2.24) is 0 Å². The Morgan fingerprint density at radius 3 is 2.22 bits per heavy atom. The number of halogens is 1. The topological polar surface area (TPSA) is 63.6 Å². The van der Waals surface area contributed by atoms with E-state index in [4.69, 9.17) is 21.4 Å². The lowest BCUT2D eigenvalue weighted by molar-refractivity contribution is -0.118. The smallest absolute Gasteiger partial charge is 0.335 e. The maximum absolute atomic E-state index is 12.6. The number of carboxylic acids is 1. The van der Waals surface area contributed by atoms with Gasteiger partial charge in [0.1, 0.15) is 11.5 Å². The Hall–Kier alpha value is -3.11. The number of hydrogen-bond donors (Lipinski definition) is 1. The molecule has 0 atom stereocenters. The number of aromatic carboxylic acids is 1.